The Labute approximate surface area is 197 Å². The summed E-state index contributed by atoms with van der Waals surface area (Å²) in [5.74, 6) is 1.00. The lowest BCUT2D eigenvalue weighted by Gasteiger charge is -2.35. The zero-order valence-electron chi connectivity index (χ0n) is 17.7. The Morgan fingerprint density at radius 2 is 1.75 bits per heavy atom. The van der Waals surface area contributed by atoms with Crippen LogP contribution in [0.15, 0.2) is 41.3 Å². The molecule has 10 nitrogen and oxygen atoms in total. The van der Waals surface area contributed by atoms with Crippen LogP contribution in [0.4, 0.5) is 5.82 Å². The van der Waals surface area contributed by atoms with Gasteiger partial charge in [-0.1, -0.05) is 0 Å². The van der Waals surface area contributed by atoms with E-state index in [0.717, 1.165) is 16.5 Å². The number of pyridine rings is 1. The fourth-order valence-electron chi connectivity index (χ4n) is 3.44. The molecule has 0 N–H and O–H groups in total. The molecule has 3 rings (SSSR count). The lowest BCUT2D eigenvalue weighted by atomic mass is 10.1. The highest BCUT2D eigenvalue weighted by atomic mass is 79.9. The number of aromatic nitrogens is 3. The minimum Gasteiger partial charge on any atom is -0.354 e. The number of halogens is 1. The molecule has 0 amide bonds. The summed E-state index contributed by atoms with van der Waals surface area (Å²) in [6, 6.07) is 5.47. The summed E-state index contributed by atoms with van der Waals surface area (Å²) in [7, 11) is -7.51. The van der Waals surface area contributed by atoms with Gasteiger partial charge in [-0.3, -0.25) is 4.18 Å². The van der Waals surface area contributed by atoms with Crippen molar-refractivity contribution in [2.75, 3.05) is 43.1 Å². The number of piperazine rings is 1. The third kappa shape index (κ3) is 7.73. The predicted molar refractivity (Wildman–Crippen MR) is 124 cm³/mol. The summed E-state index contributed by atoms with van der Waals surface area (Å²) in [4.78, 5) is 14.6. The highest BCUT2D eigenvalue weighted by molar-refractivity contribution is 9.10. The minimum atomic E-state index is -3.80. The van der Waals surface area contributed by atoms with E-state index in [1.54, 1.807) is 24.7 Å². The molecule has 0 aromatic carbocycles. The summed E-state index contributed by atoms with van der Waals surface area (Å²) in [5.41, 5.74) is 0. The van der Waals surface area contributed by atoms with Crippen molar-refractivity contribution in [3.8, 4) is 0 Å². The standard InChI is InChI=1S/C19H26BrN5O5S2/c1-31(26,27)30-17(4-2-5-18-21-8-3-9-22-18)15-32(28,29)25-12-10-24(11-13-25)19-7-6-16(20)14-23-19/h3,6-9,14,17H,2,4-5,10-13,15H2,1H3. The Hall–Kier alpha value is -1.67. The molecule has 0 bridgehead atoms. The molecule has 1 aliphatic rings. The zero-order chi connectivity index (χ0) is 23.2. The van der Waals surface area contributed by atoms with E-state index >= 15 is 0 Å². The Balaban J connectivity index is 1.58. The predicted octanol–water partition coefficient (Wildman–Crippen LogP) is 1.45. The van der Waals surface area contributed by atoms with Gasteiger partial charge in [0.15, 0.2) is 0 Å². The van der Waals surface area contributed by atoms with Gasteiger partial charge < -0.3 is 4.90 Å². The fraction of sp³-hybridized carbons (Fsp3) is 0.526. The van der Waals surface area contributed by atoms with Gasteiger partial charge in [0.25, 0.3) is 10.1 Å². The van der Waals surface area contributed by atoms with Crippen molar-refractivity contribution in [3.05, 3.63) is 47.1 Å². The number of aryl methyl sites for hydroxylation is 1. The monoisotopic (exact) mass is 547 g/mol. The first-order valence-corrected chi connectivity index (χ1v) is 14.3. The Morgan fingerprint density at radius 1 is 1.06 bits per heavy atom. The topological polar surface area (TPSA) is 123 Å². The molecule has 1 unspecified atom stereocenters. The van der Waals surface area contributed by atoms with Gasteiger partial charge in [0.2, 0.25) is 10.0 Å². The average Bonchev–Trinajstić information content (AvgIpc) is 2.74. The van der Waals surface area contributed by atoms with Gasteiger partial charge in [-0.15, -0.1) is 0 Å². The van der Waals surface area contributed by atoms with Gasteiger partial charge in [-0.05, 0) is 47.0 Å². The maximum Gasteiger partial charge on any atom is 0.264 e. The molecule has 0 aliphatic carbocycles. The van der Waals surface area contributed by atoms with Gasteiger partial charge in [-0.2, -0.15) is 12.7 Å². The Kier molecular flexibility index (Phi) is 8.55. The lowest BCUT2D eigenvalue weighted by molar-refractivity contribution is 0.216. The summed E-state index contributed by atoms with van der Waals surface area (Å²) < 4.78 is 56.7. The maximum absolute atomic E-state index is 13.0. The van der Waals surface area contributed by atoms with Crippen molar-refractivity contribution in [2.45, 2.75) is 25.4 Å². The van der Waals surface area contributed by atoms with Crippen LogP contribution < -0.4 is 4.90 Å². The average molecular weight is 548 g/mol. The molecule has 2 aromatic heterocycles. The molecule has 0 saturated carbocycles. The van der Waals surface area contributed by atoms with Crippen LogP contribution in [-0.2, 0) is 30.7 Å². The molecule has 13 heteroatoms. The van der Waals surface area contributed by atoms with Crippen LogP contribution in [0.2, 0.25) is 0 Å². The lowest BCUT2D eigenvalue weighted by Crippen LogP contribution is -2.50. The van der Waals surface area contributed by atoms with Crippen molar-refractivity contribution in [1.29, 1.82) is 0 Å². The quantitative estimate of drug-likeness (QED) is 0.406. The first-order valence-electron chi connectivity index (χ1n) is 10.1. The molecule has 1 saturated heterocycles. The summed E-state index contributed by atoms with van der Waals surface area (Å²) in [6.07, 6.45) is 6.17. The van der Waals surface area contributed by atoms with E-state index in [1.807, 2.05) is 17.0 Å². The van der Waals surface area contributed by atoms with Crippen LogP contribution in [0.3, 0.4) is 0 Å². The van der Waals surface area contributed by atoms with Crippen LogP contribution >= 0.6 is 15.9 Å². The van der Waals surface area contributed by atoms with Crippen LogP contribution in [0, 0.1) is 0 Å². The molecule has 1 fully saturated rings. The van der Waals surface area contributed by atoms with Gasteiger partial charge in [0, 0.05) is 55.7 Å². The first-order chi connectivity index (χ1) is 15.1. The second kappa shape index (κ2) is 11.0. The Morgan fingerprint density at radius 3 is 2.34 bits per heavy atom. The van der Waals surface area contributed by atoms with Crippen molar-refractivity contribution in [2.24, 2.45) is 0 Å². The van der Waals surface area contributed by atoms with Crippen molar-refractivity contribution in [3.63, 3.8) is 0 Å². The van der Waals surface area contributed by atoms with E-state index in [9.17, 15) is 16.8 Å². The molecule has 3 heterocycles. The molecule has 1 aliphatic heterocycles. The number of hydrogen-bond acceptors (Lipinski definition) is 9. The fourth-order valence-corrected chi connectivity index (χ4v) is 6.06. The van der Waals surface area contributed by atoms with Crippen molar-refractivity contribution >= 4 is 41.9 Å². The van der Waals surface area contributed by atoms with E-state index in [-0.39, 0.29) is 6.42 Å². The number of nitrogens with zero attached hydrogens (tertiary/aromatic N) is 5. The summed E-state index contributed by atoms with van der Waals surface area (Å²) >= 11 is 3.35. The smallest absolute Gasteiger partial charge is 0.264 e. The molecule has 2 aromatic rings. The third-order valence-electron chi connectivity index (χ3n) is 4.92. The van der Waals surface area contributed by atoms with Crippen molar-refractivity contribution < 1.29 is 21.0 Å². The van der Waals surface area contributed by atoms with E-state index in [4.69, 9.17) is 4.18 Å². The molecule has 1 atom stereocenters. The molecule has 32 heavy (non-hydrogen) atoms. The van der Waals surface area contributed by atoms with Gasteiger partial charge in [0.05, 0.1) is 18.1 Å². The number of sulfonamides is 1. The number of rotatable bonds is 10. The second-order valence-electron chi connectivity index (χ2n) is 7.48. The van der Waals surface area contributed by atoms with Gasteiger partial charge >= 0.3 is 0 Å². The van der Waals surface area contributed by atoms with Crippen LogP contribution in [0.25, 0.3) is 0 Å². The SMILES string of the molecule is CS(=O)(=O)OC(CCCc1ncccn1)CS(=O)(=O)N1CCN(c2ccc(Br)cn2)CC1. The van der Waals surface area contributed by atoms with E-state index < -0.39 is 32.0 Å². The Bertz CT molecular complexity index is 1080. The normalized spacial score (nSPS) is 16.8. The molecule has 0 spiro atoms. The molecule has 176 valence electrons. The third-order valence-corrected chi connectivity index (χ3v) is 7.96. The van der Waals surface area contributed by atoms with Gasteiger partial charge in [-0.25, -0.2) is 23.4 Å². The largest absolute Gasteiger partial charge is 0.354 e. The zero-order valence-corrected chi connectivity index (χ0v) is 20.9. The highest BCUT2D eigenvalue weighted by Gasteiger charge is 2.31. The highest BCUT2D eigenvalue weighted by Crippen LogP contribution is 2.19. The molecular formula is C19H26BrN5O5S2. The first kappa shape index (κ1) is 25.0. The molecule has 0 radical (unpaired) electrons. The van der Waals surface area contributed by atoms with E-state index in [1.165, 1.54) is 4.31 Å². The maximum atomic E-state index is 13.0. The summed E-state index contributed by atoms with van der Waals surface area (Å²) in [6.45, 7) is 1.58. The van der Waals surface area contributed by atoms with Crippen LogP contribution in [0.5, 0.6) is 0 Å². The summed E-state index contributed by atoms with van der Waals surface area (Å²) in [5, 5.41) is 0. The van der Waals surface area contributed by atoms with E-state index in [0.29, 0.717) is 44.8 Å². The minimum absolute atomic E-state index is 0.257. The number of anilines is 1. The van der Waals surface area contributed by atoms with Crippen LogP contribution in [0.1, 0.15) is 18.7 Å². The van der Waals surface area contributed by atoms with Gasteiger partial charge in [0.1, 0.15) is 11.6 Å². The second-order valence-corrected chi connectivity index (χ2v) is 12.0. The van der Waals surface area contributed by atoms with E-state index in [2.05, 4.69) is 30.9 Å². The number of hydrogen-bond donors (Lipinski definition) is 0. The molecular weight excluding hydrogens is 522 g/mol. The van der Waals surface area contributed by atoms with Crippen LogP contribution in [-0.4, -0.2) is 80.4 Å². The van der Waals surface area contributed by atoms with Crippen molar-refractivity contribution in [1.82, 2.24) is 19.3 Å².